The maximum absolute atomic E-state index is 13.0. The molecule has 0 radical (unpaired) electrons. The number of rotatable bonds is 1. The Bertz CT molecular complexity index is 928. The fourth-order valence-corrected chi connectivity index (χ4v) is 4.06. The van der Waals surface area contributed by atoms with Gasteiger partial charge in [-0.05, 0) is 31.9 Å². The number of carbonyl (C=O) groups is 2. The molecule has 4 heterocycles. The molecule has 30 heavy (non-hydrogen) atoms. The third-order valence-electron chi connectivity index (χ3n) is 5.72. The molecule has 9 heteroatoms. The number of benzene rings is 1. The highest BCUT2D eigenvalue weighted by molar-refractivity contribution is 5.97. The standard InChI is InChI=1S/C21H27N5O4/c1-14-11-15-7-8-26(14)20(27)6-3-16-13-25(24-23-16)9-10-30-19-12-17(29-2)4-5-18(19)21(28)22-15/h4-5,12-15H,3,6-11H2,1-2H3,(H,22,28)/t14-,15+/m1/s1. The number of amides is 2. The van der Waals surface area contributed by atoms with Gasteiger partial charge < -0.3 is 19.7 Å². The molecule has 3 aliphatic rings. The summed E-state index contributed by atoms with van der Waals surface area (Å²) in [5.74, 6) is 1.02. The summed E-state index contributed by atoms with van der Waals surface area (Å²) in [6.45, 7) is 3.46. The van der Waals surface area contributed by atoms with Crippen molar-refractivity contribution in [3.05, 3.63) is 35.7 Å². The first kappa shape index (κ1) is 20.2. The van der Waals surface area contributed by atoms with Crippen molar-refractivity contribution in [1.29, 1.82) is 0 Å². The van der Waals surface area contributed by atoms with E-state index in [0.717, 1.165) is 18.5 Å². The summed E-state index contributed by atoms with van der Waals surface area (Å²) < 4.78 is 12.9. The second-order valence-electron chi connectivity index (χ2n) is 7.81. The summed E-state index contributed by atoms with van der Waals surface area (Å²) in [5.41, 5.74) is 1.25. The molecule has 9 nitrogen and oxygen atoms in total. The first-order valence-corrected chi connectivity index (χ1v) is 10.3. The van der Waals surface area contributed by atoms with Gasteiger partial charge in [0.25, 0.3) is 5.91 Å². The zero-order chi connectivity index (χ0) is 21.1. The fraction of sp³-hybridized carbons (Fsp3) is 0.524. The summed E-state index contributed by atoms with van der Waals surface area (Å²) in [6.07, 6.45) is 4.25. The Hall–Kier alpha value is -3.10. The average molecular weight is 413 g/mol. The zero-order valence-electron chi connectivity index (χ0n) is 17.3. The van der Waals surface area contributed by atoms with Crippen LogP contribution in [0.2, 0.25) is 0 Å². The van der Waals surface area contributed by atoms with Crippen LogP contribution in [0.1, 0.15) is 42.2 Å². The molecule has 0 saturated carbocycles. The molecule has 1 aromatic heterocycles. The van der Waals surface area contributed by atoms with Crippen LogP contribution in [0, 0.1) is 0 Å². The van der Waals surface area contributed by atoms with Crippen LogP contribution >= 0.6 is 0 Å². The largest absolute Gasteiger partial charge is 0.497 e. The number of piperidine rings is 1. The molecule has 1 N–H and O–H groups in total. The molecule has 2 atom stereocenters. The van der Waals surface area contributed by atoms with E-state index in [1.54, 1.807) is 30.0 Å². The lowest BCUT2D eigenvalue weighted by atomic mass is 9.97. The lowest BCUT2D eigenvalue weighted by Crippen LogP contribution is -2.51. The van der Waals surface area contributed by atoms with Gasteiger partial charge in [-0.3, -0.25) is 9.59 Å². The third-order valence-corrected chi connectivity index (χ3v) is 5.72. The van der Waals surface area contributed by atoms with Crippen molar-refractivity contribution in [3.63, 3.8) is 0 Å². The number of aryl methyl sites for hydroxylation is 1. The van der Waals surface area contributed by atoms with Crippen molar-refractivity contribution in [2.75, 3.05) is 20.3 Å². The summed E-state index contributed by atoms with van der Waals surface area (Å²) >= 11 is 0. The Morgan fingerprint density at radius 2 is 2.10 bits per heavy atom. The van der Waals surface area contributed by atoms with Crippen molar-refractivity contribution in [2.24, 2.45) is 0 Å². The lowest BCUT2D eigenvalue weighted by molar-refractivity contribution is -0.134. The molecular formula is C21H27N5O4. The molecule has 3 aliphatic heterocycles. The molecular weight excluding hydrogens is 386 g/mol. The van der Waals surface area contributed by atoms with Crippen LogP contribution in [0.4, 0.5) is 0 Å². The lowest BCUT2D eigenvalue weighted by Gasteiger charge is -2.38. The molecule has 5 rings (SSSR count). The van der Waals surface area contributed by atoms with Gasteiger partial charge in [-0.1, -0.05) is 5.21 Å². The summed E-state index contributed by atoms with van der Waals surface area (Å²) in [4.78, 5) is 27.6. The van der Waals surface area contributed by atoms with E-state index in [4.69, 9.17) is 9.47 Å². The molecule has 2 aromatic rings. The zero-order valence-corrected chi connectivity index (χ0v) is 17.3. The predicted octanol–water partition coefficient (Wildman–Crippen LogP) is 1.42. The van der Waals surface area contributed by atoms with Gasteiger partial charge in [-0.15, -0.1) is 5.10 Å². The molecule has 2 amide bonds. The van der Waals surface area contributed by atoms with Gasteiger partial charge in [0, 0.05) is 43.7 Å². The maximum atomic E-state index is 13.0. The van der Waals surface area contributed by atoms with Crippen LogP contribution in [-0.4, -0.2) is 64.1 Å². The van der Waals surface area contributed by atoms with Gasteiger partial charge in [0.15, 0.2) is 0 Å². The number of hydrogen-bond donors (Lipinski definition) is 1. The fourth-order valence-electron chi connectivity index (χ4n) is 4.06. The third kappa shape index (κ3) is 4.39. The Kier molecular flexibility index (Phi) is 5.87. The minimum atomic E-state index is -0.183. The minimum absolute atomic E-state index is 0.0146. The second-order valence-corrected chi connectivity index (χ2v) is 7.81. The van der Waals surface area contributed by atoms with Gasteiger partial charge in [0.2, 0.25) is 5.91 Å². The minimum Gasteiger partial charge on any atom is -0.497 e. The molecule has 4 bridgehead atoms. The Morgan fingerprint density at radius 1 is 1.23 bits per heavy atom. The van der Waals surface area contributed by atoms with Crippen LogP contribution in [0.3, 0.4) is 0 Å². The summed E-state index contributed by atoms with van der Waals surface area (Å²) in [5, 5.41) is 11.4. The molecule has 160 valence electrons. The number of methoxy groups -OCH3 is 1. The van der Waals surface area contributed by atoms with Gasteiger partial charge >= 0.3 is 0 Å². The highest BCUT2D eigenvalue weighted by Gasteiger charge is 2.30. The van der Waals surface area contributed by atoms with Crippen molar-refractivity contribution in [3.8, 4) is 11.5 Å². The van der Waals surface area contributed by atoms with Crippen LogP contribution < -0.4 is 14.8 Å². The van der Waals surface area contributed by atoms with Crippen molar-refractivity contribution in [1.82, 2.24) is 25.2 Å². The molecule has 1 aromatic carbocycles. The first-order valence-electron chi connectivity index (χ1n) is 10.3. The maximum Gasteiger partial charge on any atom is 0.255 e. The van der Waals surface area contributed by atoms with Gasteiger partial charge in [0.1, 0.15) is 18.1 Å². The predicted molar refractivity (Wildman–Crippen MR) is 108 cm³/mol. The number of nitrogens with one attached hydrogen (secondary N) is 1. The number of aromatic nitrogens is 3. The first-order chi connectivity index (χ1) is 14.5. The van der Waals surface area contributed by atoms with Crippen LogP contribution in [-0.2, 0) is 17.8 Å². The molecule has 0 aliphatic carbocycles. The second kappa shape index (κ2) is 8.73. The van der Waals surface area contributed by atoms with E-state index < -0.39 is 0 Å². The van der Waals surface area contributed by atoms with Crippen LogP contribution in [0.5, 0.6) is 11.5 Å². The quantitative estimate of drug-likeness (QED) is 0.759. The molecule has 1 fully saturated rings. The summed E-state index contributed by atoms with van der Waals surface area (Å²) in [7, 11) is 1.58. The van der Waals surface area contributed by atoms with E-state index in [-0.39, 0.29) is 23.9 Å². The van der Waals surface area contributed by atoms with E-state index in [1.807, 2.05) is 18.0 Å². The number of nitrogens with zero attached hydrogens (tertiary/aromatic N) is 4. The number of carbonyl (C=O) groups excluding carboxylic acids is 2. The van der Waals surface area contributed by atoms with Gasteiger partial charge in [-0.25, -0.2) is 4.68 Å². The van der Waals surface area contributed by atoms with E-state index in [1.165, 1.54) is 0 Å². The highest BCUT2D eigenvalue weighted by atomic mass is 16.5. The Labute approximate surface area is 175 Å². The molecule has 0 spiro atoms. The van der Waals surface area contributed by atoms with Crippen molar-refractivity contribution >= 4 is 11.8 Å². The summed E-state index contributed by atoms with van der Waals surface area (Å²) in [6, 6.07) is 5.26. The SMILES string of the molecule is COc1ccc2c(c1)OCCn1cc(nn1)CCC(=O)N1CC[C@@H](C[C@H]1C)NC2=O. The average Bonchev–Trinajstić information content (AvgIpc) is 3.19. The number of ether oxygens (including phenoxy) is 2. The molecule has 1 saturated heterocycles. The number of hydrogen-bond acceptors (Lipinski definition) is 6. The van der Waals surface area contributed by atoms with Gasteiger partial charge in [0.05, 0.1) is 24.9 Å². The van der Waals surface area contributed by atoms with Crippen LogP contribution in [0.15, 0.2) is 24.4 Å². The van der Waals surface area contributed by atoms with Crippen molar-refractivity contribution in [2.45, 2.75) is 51.2 Å². The topological polar surface area (TPSA) is 98.6 Å². The van der Waals surface area contributed by atoms with Crippen molar-refractivity contribution < 1.29 is 19.1 Å². The van der Waals surface area contributed by atoms with E-state index in [0.29, 0.717) is 49.6 Å². The van der Waals surface area contributed by atoms with Gasteiger partial charge in [-0.2, -0.15) is 0 Å². The van der Waals surface area contributed by atoms with E-state index in [9.17, 15) is 9.59 Å². The molecule has 0 unspecified atom stereocenters. The normalized spacial score (nSPS) is 22.7. The van der Waals surface area contributed by atoms with E-state index >= 15 is 0 Å². The highest BCUT2D eigenvalue weighted by Crippen LogP contribution is 2.26. The van der Waals surface area contributed by atoms with E-state index in [2.05, 4.69) is 15.6 Å². The Morgan fingerprint density at radius 3 is 2.90 bits per heavy atom. The van der Waals surface area contributed by atoms with Crippen LogP contribution in [0.25, 0.3) is 0 Å². The monoisotopic (exact) mass is 413 g/mol. The number of fused-ring (bicyclic) bond motifs is 7. The Balaban J connectivity index is 1.61. The smallest absolute Gasteiger partial charge is 0.255 e.